The lowest BCUT2D eigenvalue weighted by Crippen LogP contribution is -1.91. The normalized spacial score (nSPS) is 11.4. The minimum absolute atomic E-state index is 0.870. The van der Waals surface area contributed by atoms with Crippen LogP contribution in [0.2, 0.25) is 0 Å². The van der Waals surface area contributed by atoms with Crippen molar-refractivity contribution in [3.63, 3.8) is 0 Å². The van der Waals surface area contributed by atoms with Gasteiger partial charge in [-0.1, -0.05) is 46.0 Å². The molecule has 0 bridgehead atoms. The summed E-state index contributed by atoms with van der Waals surface area (Å²) in [7, 11) is 0. The van der Waals surface area contributed by atoms with E-state index in [0.717, 1.165) is 12.2 Å². The van der Waals surface area contributed by atoms with Crippen molar-refractivity contribution in [2.24, 2.45) is 0 Å². The van der Waals surface area contributed by atoms with Crippen molar-refractivity contribution in [1.29, 1.82) is 0 Å². The first kappa shape index (κ1) is 18.5. The van der Waals surface area contributed by atoms with Crippen LogP contribution in [-0.2, 0) is 12.8 Å². The third-order valence-electron chi connectivity index (χ3n) is 4.53. The van der Waals surface area contributed by atoms with Crippen LogP contribution in [0, 0.1) is 0 Å². The van der Waals surface area contributed by atoms with Gasteiger partial charge in [0, 0.05) is 26.7 Å². The first-order valence-electron chi connectivity index (χ1n) is 9.63. The van der Waals surface area contributed by atoms with E-state index in [2.05, 4.69) is 35.9 Å². The molecule has 3 heterocycles. The predicted octanol–water partition coefficient (Wildman–Crippen LogP) is 7.28. The lowest BCUT2D eigenvalue weighted by molar-refractivity contribution is 0.634. The third-order valence-corrected chi connectivity index (χ3v) is 6.88. The molecule has 0 aliphatic heterocycles. The Morgan fingerprint density at radius 3 is 2.20 bits per heavy atom. The highest BCUT2D eigenvalue weighted by molar-refractivity contribution is 7.29. The maximum absolute atomic E-state index is 4.58. The van der Waals surface area contributed by atoms with Crippen molar-refractivity contribution in [3.8, 4) is 10.7 Å². The van der Waals surface area contributed by atoms with Crippen molar-refractivity contribution in [2.45, 2.75) is 71.6 Å². The largest absolute Gasteiger partial charge is 0.236 e. The first-order chi connectivity index (χ1) is 12.3. The van der Waals surface area contributed by atoms with E-state index in [9.17, 15) is 0 Å². The summed E-state index contributed by atoms with van der Waals surface area (Å²) in [5.41, 5.74) is 1.24. The van der Waals surface area contributed by atoms with E-state index in [4.69, 9.17) is 0 Å². The Hall–Kier alpha value is -1.26. The summed E-state index contributed by atoms with van der Waals surface area (Å²) in [5.74, 6) is 0.870. The minimum Gasteiger partial charge on any atom is -0.236 e. The standard InChI is InChI=1S/C21H28N2S2/c1-3-5-7-8-9-11-17-12-18-19(24-17)13-20(25-18)21-22-14-16(15-23-21)10-6-4-2/h12-15H,3-11H2,1-2H3. The second kappa shape index (κ2) is 9.44. The number of aromatic nitrogens is 2. The number of thiophene rings is 2. The van der Waals surface area contributed by atoms with Crippen LogP contribution in [0.1, 0.15) is 69.2 Å². The van der Waals surface area contributed by atoms with Crippen LogP contribution in [0.3, 0.4) is 0 Å². The fourth-order valence-corrected chi connectivity index (χ4v) is 5.43. The SMILES string of the molecule is CCCCCCCc1cc2sc(-c3ncc(CCCC)cn3)cc2s1. The molecule has 0 amide bonds. The van der Waals surface area contributed by atoms with E-state index in [1.807, 2.05) is 35.1 Å². The zero-order valence-corrected chi connectivity index (χ0v) is 17.0. The molecular formula is C21H28N2S2. The van der Waals surface area contributed by atoms with Crippen molar-refractivity contribution in [2.75, 3.05) is 0 Å². The van der Waals surface area contributed by atoms with Crippen molar-refractivity contribution in [3.05, 3.63) is 35.0 Å². The fraction of sp³-hybridized carbons (Fsp3) is 0.524. The van der Waals surface area contributed by atoms with Crippen LogP contribution in [0.25, 0.3) is 20.1 Å². The average molecular weight is 373 g/mol. The van der Waals surface area contributed by atoms with Crippen LogP contribution in [0.5, 0.6) is 0 Å². The highest BCUT2D eigenvalue weighted by Crippen LogP contribution is 2.37. The molecule has 0 spiro atoms. The zero-order valence-electron chi connectivity index (χ0n) is 15.4. The summed E-state index contributed by atoms with van der Waals surface area (Å²) in [6.07, 6.45) is 15.5. The van der Waals surface area contributed by atoms with Gasteiger partial charge in [-0.25, -0.2) is 9.97 Å². The molecule has 4 heteroatoms. The van der Waals surface area contributed by atoms with Gasteiger partial charge in [-0.2, -0.15) is 0 Å². The quantitative estimate of drug-likeness (QED) is 0.350. The number of unbranched alkanes of at least 4 members (excludes halogenated alkanes) is 5. The third kappa shape index (κ3) is 5.11. The Morgan fingerprint density at radius 1 is 0.760 bits per heavy atom. The first-order valence-corrected chi connectivity index (χ1v) is 11.3. The molecule has 0 fully saturated rings. The van der Waals surface area contributed by atoms with Crippen molar-refractivity contribution < 1.29 is 0 Å². The Balaban J connectivity index is 1.61. The molecule has 3 aromatic rings. The van der Waals surface area contributed by atoms with Gasteiger partial charge in [0.05, 0.1) is 4.88 Å². The Labute approximate surface area is 159 Å². The monoisotopic (exact) mass is 372 g/mol. The van der Waals surface area contributed by atoms with Crippen molar-refractivity contribution in [1.82, 2.24) is 9.97 Å². The van der Waals surface area contributed by atoms with E-state index in [1.54, 1.807) is 0 Å². The number of aryl methyl sites for hydroxylation is 2. The van der Waals surface area contributed by atoms with Crippen LogP contribution in [0.15, 0.2) is 24.5 Å². The average Bonchev–Trinajstić information content (AvgIpc) is 3.19. The van der Waals surface area contributed by atoms with Crippen LogP contribution in [-0.4, -0.2) is 9.97 Å². The molecule has 3 rings (SSSR count). The summed E-state index contributed by atoms with van der Waals surface area (Å²) in [6, 6.07) is 4.65. The van der Waals surface area contributed by atoms with E-state index in [-0.39, 0.29) is 0 Å². The summed E-state index contributed by atoms with van der Waals surface area (Å²) in [4.78, 5) is 11.9. The molecular weight excluding hydrogens is 344 g/mol. The van der Waals surface area contributed by atoms with Gasteiger partial charge in [0.25, 0.3) is 0 Å². The molecule has 0 saturated carbocycles. The topological polar surface area (TPSA) is 25.8 Å². The fourth-order valence-electron chi connectivity index (χ4n) is 3.01. The number of hydrogen-bond donors (Lipinski definition) is 0. The van der Waals surface area contributed by atoms with Crippen molar-refractivity contribution >= 4 is 32.1 Å². The molecule has 0 aliphatic carbocycles. The summed E-state index contributed by atoms with van der Waals surface area (Å²) in [6.45, 7) is 4.49. The van der Waals surface area contributed by atoms with E-state index < -0.39 is 0 Å². The Bertz CT molecular complexity index is 739. The lowest BCUT2D eigenvalue weighted by Gasteiger charge is -2.00. The number of nitrogens with zero attached hydrogens (tertiary/aromatic N) is 2. The van der Waals surface area contributed by atoms with Gasteiger partial charge < -0.3 is 0 Å². The van der Waals surface area contributed by atoms with E-state index >= 15 is 0 Å². The minimum atomic E-state index is 0.870. The summed E-state index contributed by atoms with van der Waals surface area (Å²) in [5, 5.41) is 0. The van der Waals surface area contributed by atoms with Crippen LogP contribution >= 0.6 is 22.7 Å². The Morgan fingerprint density at radius 2 is 1.48 bits per heavy atom. The molecule has 0 radical (unpaired) electrons. The molecule has 0 aliphatic rings. The maximum Gasteiger partial charge on any atom is 0.169 e. The number of hydrogen-bond acceptors (Lipinski definition) is 4. The molecule has 0 aromatic carbocycles. The second-order valence-corrected chi connectivity index (χ2v) is 8.99. The lowest BCUT2D eigenvalue weighted by atomic mass is 10.1. The van der Waals surface area contributed by atoms with E-state index in [1.165, 1.54) is 76.1 Å². The highest BCUT2D eigenvalue weighted by Gasteiger charge is 2.10. The van der Waals surface area contributed by atoms with Crippen LogP contribution < -0.4 is 0 Å². The molecule has 0 unspecified atom stereocenters. The van der Waals surface area contributed by atoms with Gasteiger partial charge in [0.2, 0.25) is 0 Å². The smallest absolute Gasteiger partial charge is 0.169 e. The van der Waals surface area contributed by atoms with Crippen LogP contribution in [0.4, 0.5) is 0 Å². The number of rotatable bonds is 10. The van der Waals surface area contributed by atoms with Gasteiger partial charge >= 0.3 is 0 Å². The maximum atomic E-state index is 4.58. The predicted molar refractivity (Wildman–Crippen MR) is 112 cm³/mol. The molecule has 134 valence electrons. The molecule has 3 aromatic heterocycles. The molecule has 0 saturated heterocycles. The van der Waals surface area contributed by atoms with Gasteiger partial charge in [-0.3, -0.25) is 0 Å². The van der Waals surface area contributed by atoms with Gasteiger partial charge in [-0.05, 0) is 43.4 Å². The highest BCUT2D eigenvalue weighted by atomic mass is 32.1. The Kier molecular flexibility index (Phi) is 7.00. The molecule has 2 nitrogen and oxygen atoms in total. The summed E-state index contributed by atoms with van der Waals surface area (Å²) < 4.78 is 2.78. The van der Waals surface area contributed by atoms with Gasteiger partial charge in [0.15, 0.2) is 5.82 Å². The van der Waals surface area contributed by atoms with Gasteiger partial charge in [0.1, 0.15) is 0 Å². The molecule has 0 N–H and O–H groups in total. The van der Waals surface area contributed by atoms with E-state index in [0.29, 0.717) is 0 Å². The molecule has 25 heavy (non-hydrogen) atoms. The zero-order chi connectivity index (χ0) is 17.5. The number of fused-ring (bicyclic) bond motifs is 1. The summed E-state index contributed by atoms with van der Waals surface area (Å²) >= 11 is 3.77. The van der Waals surface area contributed by atoms with Gasteiger partial charge in [-0.15, -0.1) is 22.7 Å². The molecule has 0 atom stereocenters. The second-order valence-electron chi connectivity index (χ2n) is 6.73.